The van der Waals surface area contributed by atoms with E-state index >= 15 is 0 Å². The van der Waals surface area contributed by atoms with Crippen LogP contribution in [0.3, 0.4) is 0 Å². The van der Waals surface area contributed by atoms with E-state index in [0.29, 0.717) is 5.82 Å². The number of methoxy groups -OCH3 is 1. The Hall–Kier alpha value is -2.50. The van der Waals surface area contributed by atoms with Gasteiger partial charge in [0.1, 0.15) is 12.4 Å². The van der Waals surface area contributed by atoms with E-state index in [-0.39, 0.29) is 12.5 Å². The highest BCUT2D eigenvalue weighted by molar-refractivity contribution is 5.74. The van der Waals surface area contributed by atoms with Crippen LogP contribution in [0.15, 0.2) is 36.7 Å². The number of hydrogen-bond acceptors (Lipinski definition) is 6. The minimum absolute atomic E-state index is 0.0692. The Morgan fingerprint density at radius 2 is 2.00 bits per heavy atom. The summed E-state index contributed by atoms with van der Waals surface area (Å²) in [4.78, 5) is 14.9. The van der Waals surface area contributed by atoms with Gasteiger partial charge in [0.25, 0.3) is 0 Å². The van der Waals surface area contributed by atoms with Crippen LogP contribution in [0.4, 0.5) is 5.82 Å². The lowest BCUT2D eigenvalue weighted by Gasteiger charge is -2.04. The van der Waals surface area contributed by atoms with Crippen molar-refractivity contribution in [1.82, 2.24) is 15.2 Å². The van der Waals surface area contributed by atoms with E-state index in [9.17, 15) is 4.79 Å². The highest BCUT2D eigenvalue weighted by Gasteiger charge is 2.02. The molecule has 0 saturated heterocycles. The maximum Gasteiger partial charge on any atom is 0.325 e. The van der Waals surface area contributed by atoms with Crippen molar-refractivity contribution in [2.75, 3.05) is 19.0 Å². The second-order valence-electron chi connectivity index (χ2n) is 3.47. The van der Waals surface area contributed by atoms with E-state index in [1.54, 1.807) is 18.5 Å². The van der Waals surface area contributed by atoms with Gasteiger partial charge in [-0.1, -0.05) is 0 Å². The van der Waals surface area contributed by atoms with Gasteiger partial charge in [-0.2, -0.15) is 0 Å². The van der Waals surface area contributed by atoms with Crippen LogP contribution in [0, 0.1) is 0 Å². The molecule has 0 saturated carbocycles. The van der Waals surface area contributed by atoms with E-state index in [4.69, 9.17) is 0 Å². The van der Waals surface area contributed by atoms with Crippen molar-refractivity contribution in [1.29, 1.82) is 0 Å². The smallest absolute Gasteiger partial charge is 0.325 e. The zero-order valence-corrected chi connectivity index (χ0v) is 9.83. The van der Waals surface area contributed by atoms with Gasteiger partial charge in [0, 0.05) is 18.0 Å². The quantitative estimate of drug-likeness (QED) is 0.812. The maximum absolute atomic E-state index is 10.9. The molecule has 18 heavy (non-hydrogen) atoms. The number of rotatable bonds is 4. The number of nitrogens with zero attached hydrogens (tertiary/aromatic N) is 3. The number of hydrogen-bond donors (Lipinski definition) is 1. The highest BCUT2D eigenvalue weighted by atomic mass is 16.5. The van der Waals surface area contributed by atoms with E-state index in [1.165, 1.54) is 7.11 Å². The van der Waals surface area contributed by atoms with Gasteiger partial charge in [-0.25, -0.2) is 0 Å². The molecule has 1 N–H and O–H groups in total. The van der Waals surface area contributed by atoms with Gasteiger partial charge in [-0.05, 0) is 24.3 Å². The van der Waals surface area contributed by atoms with Crippen LogP contribution in [0.25, 0.3) is 11.3 Å². The van der Waals surface area contributed by atoms with Gasteiger partial charge in [0.15, 0.2) is 0 Å². The first-order valence-electron chi connectivity index (χ1n) is 5.34. The molecule has 0 atom stereocenters. The van der Waals surface area contributed by atoms with Crippen molar-refractivity contribution in [3.63, 3.8) is 0 Å². The molecule has 0 aromatic carbocycles. The minimum atomic E-state index is -0.352. The zero-order chi connectivity index (χ0) is 12.8. The predicted molar refractivity (Wildman–Crippen MR) is 65.8 cm³/mol. The fourth-order valence-corrected chi connectivity index (χ4v) is 1.34. The van der Waals surface area contributed by atoms with E-state index in [2.05, 4.69) is 25.2 Å². The lowest BCUT2D eigenvalue weighted by Crippen LogP contribution is -2.15. The molecule has 6 nitrogen and oxygen atoms in total. The van der Waals surface area contributed by atoms with Crippen LogP contribution in [0.2, 0.25) is 0 Å². The summed E-state index contributed by atoms with van der Waals surface area (Å²) in [6, 6.07) is 7.28. The Bertz CT molecular complexity index is 513. The molecule has 0 unspecified atom stereocenters. The summed E-state index contributed by atoms with van der Waals surface area (Å²) in [5.74, 6) is 0.174. The van der Waals surface area contributed by atoms with Crippen LogP contribution >= 0.6 is 0 Å². The summed E-state index contributed by atoms with van der Waals surface area (Å²) in [6.07, 6.45) is 3.39. The number of carbonyl (C=O) groups is 1. The van der Waals surface area contributed by atoms with Crippen LogP contribution < -0.4 is 5.32 Å². The molecule has 2 rings (SSSR count). The number of anilines is 1. The van der Waals surface area contributed by atoms with Gasteiger partial charge in [-0.15, -0.1) is 10.2 Å². The lowest BCUT2D eigenvalue weighted by atomic mass is 10.2. The largest absolute Gasteiger partial charge is 0.468 e. The van der Waals surface area contributed by atoms with Gasteiger partial charge in [0.05, 0.1) is 12.8 Å². The molecule has 2 aromatic heterocycles. The second-order valence-corrected chi connectivity index (χ2v) is 3.47. The van der Waals surface area contributed by atoms with E-state index in [0.717, 1.165) is 11.3 Å². The third-order valence-corrected chi connectivity index (χ3v) is 2.28. The minimum Gasteiger partial charge on any atom is -0.468 e. The molecule has 92 valence electrons. The second kappa shape index (κ2) is 5.72. The SMILES string of the molecule is COC(=O)CNc1ccc(-c2ccncc2)nn1. The molecule has 0 fully saturated rings. The summed E-state index contributed by atoms with van der Waals surface area (Å²) < 4.78 is 4.51. The van der Waals surface area contributed by atoms with Crippen molar-refractivity contribution < 1.29 is 9.53 Å². The number of aromatic nitrogens is 3. The third kappa shape index (κ3) is 3.00. The highest BCUT2D eigenvalue weighted by Crippen LogP contribution is 2.15. The average Bonchev–Trinajstić information content (AvgIpc) is 2.46. The first-order chi connectivity index (χ1) is 8.79. The molecule has 0 aliphatic heterocycles. The van der Waals surface area contributed by atoms with Gasteiger partial charge in [0.2, 0.25) is 0 Å². The average molecular weight is 244 g/mol. The fourth-order valence-electron chi connectivity index (χ4n) is 1.34. The van der Waals surface area contributed by atoms with Crippen LogP contribution in [0.5, 0.6) is 0 Å². The molecule has 0 spiro atoms. The van der Waals surface area contributed by atoms with Gasteiger partial charge < -0.3 is 10.1 Å². The molecule has 0 radical (unpaired) electrons. The summed E-state index contributed by atoms with van der Waals surface area (Å²) >= 11 is 0. The summed E-state index contributed by atoms with van der Waals surface area (Å²) in [6.45, 7) is 0.0692. The van der Waals surface area contributed by atoms with E-state index < -0.39 is 0 Å². The van der Waals surface area contributed by atoms with Crippen molar-refractivity contribution in [2.45, 2.75) is 0 Å². The number of carbonyl (C=O) groups excluding carboxylic acids is 1. The molecular weight excluding hydrogens is 232 g/mol. The van der Waals surface area contributed by atoms with Gasteiger partial charge >= 0.3 is 5.97 Å². The number of esters is 1. The zero-order valence-electron chi connectivity index (χ0n) is 9.83. The molecule has 2 aromatic rings. The van der Waals surface area contributed by atoms with Crippen LogP contribution in [0.1, 0.15) is 0 Å². The Labute approximate surface area is 104 Å². The van der Waals surface area contributed by atoms with E-state index in [1.807, 2.05) is 18.2 Å². The molecule has 0 bridgehead atoms. The van der Waals surface area contributed by atoms with Crippen molar-refractivity contribution in [2.24, 2.45) is 0 Å². The first-order valence-corrected chi connectivity index (χ1v) is 5.34. The van der Waals surface area contributed by atoms with Crippen LogP contribution in [-0.2, 0) is 9.53 Å². The van der Waals surface area contributed by atoms with Crippen molar-refractivity contribution in [3.8, 4) is 11.3 Å². The summed E-state index contributed by atoms with van der Waals surface area (Å²) in [5.41, 5.74) is 1.69. The third-order valence-electron chi connectivity index (χ3n) is 2.28. The molecule has 0 amide bonds. The Morgan fingerprint density at radius 1 is 1.22 bits per heavy atom. The predicted octanol–water partition coefficient (Wildman–Crippen LogP) is 1.12. The van der Waals surface area contributed by atoms with Gasteiger partial charge in [-0.3, -0.25) is 9.78 Å². The monoisotopic (exact) mass is 244 g/mol. The van der Waals surface area contributed by atoms with Crippen molar-refractivity contribution >= 4 is 11.8 Å². The standard InChI is InChI=1S/C12H12N4O2/c1-18-12(17)8-14-11-3-2-10(15-16-11)9-4-6-13-7-5-9/h2-7H,8H2,1H3,(H,14,16). The Morgan fingerprint density at radius 3 is 2.61 bits per heavy atom. The molecule has 0 aliphatic rings. The fraction of sp³-hybridized carbons (Fsp3) is 0.167. The Balaban J connectivity index is 2.04. The number of nitrogens with one attached hydrogen (secondary N) is 1. The molecule has 6 heteroatoms. The van der Waals surface area contributed by atoms with Crippen LogP contribution in [-0.4, -0.2) is 34.8 Å². The number of ether oxygens (including phenoxy) is 1. The molecule has 0 aliphatic carbocycles. The maximum atomic E-state index is 10.9. The normalized spacial score (nSPS) is 9.83. The number of pyridine rings is 1. The van der Waals surface area contributed by atoms with Crippen molar-refractivity contribution in [3.05, 3.63) is 36.7 Å². The summed E-state index contributed by atoms with van der Waals surface area (Å²) in [5, 5.41) is 10.8. The summed E-state index contributed by atoms with van der Waals surface area (Å²) in [7, 11) is 1.34. The first kappa shape index (κ1) is 12.0. The molecule has 2 heterocycles. The molecular formula is C12H12N4O2. The lowest BCUT2D eigenvalue weighted by molar-refractivity contribution is -0.138. The Kier molecular flexibility index (Phi) is 3.80. The topological polar surface area (TPSA) is 77.0 Å².